The molecule has 128 valence electrons. The van der Waals surface area contributed by atoms with Crippen molar-refractivity contribution in [3.63, 3.8) is 0 Å². The van der Waals surface area contributed by atoms with Crippen molar-refractivity contribution in [3.05, 3.63) is 48.6 Å². The Labute approximate surface area is 142 Å². The van der Waals surface area contributed by atoms with Crippen LogP contribution in [0.2, 0.25) is 0 Å². The highest BCUT2D eigenvalue weighted by Crippen LogP contribution is 2.24. The topological polar surface area (TPSA) is 72.6 Å². The van der Waals surface area contributed by atoms with Crippen LogP contribution in [0.15, 0.2) is 43.0 Å². The van der Waals surface area contributed by atoms with Crippen LogP contribution in [0, 0.1) is 0 Å². The minimum absolute atomic E-state index is 0.0101. The highest BCUT2D eigenvalue weighted by Gasteiger charge is 2.24. The SMILES string of the molecule is C=CCN(C(=O)/C=C\c1ccc(OCC(N)=O)cc1)C1CCCC1. The molecule has 1 saturated carbocycles. The number of rotatable bonds is 8. The first-order valence-corrected chi connectivity index (χ1v) is 8.21. The molecule has 1 aliphatic rings. The summed E-state index contributed by atoms with van der Waals surface area (Å²) in [7, 11) is 0. The third-order valence-corrected chi connectivity index (χ3v) is 4.05. The van der Waals surface area contributed by atoms with Gasteiger partial charge in [-0.3, -0.25) is 9.59 Å². The summed E-state index contributed by atoms with van der Waals surface area (Å²) in [6.45, 7) is 4.18. The maximum absolute atomic E-state index is 12.5. The van der Waals surface area contributed by atoms with Crippen molar-refractivity contribution in [3.8, 4) is 5.75 Å². The highest BCUT2D eigenvalue weighted by molar-refractivity contribution is 5.92. The quantitative estimate of drug-likeness (QED) is 0.589. The molecule has 1 fully saturated rings. The lowest BCUT2D eigenvalue weighted by molar-refractivity contribution is -0.127. The first-order chi connectivity index (χ1) is 11.6. The van der Waals surface area contributed by atoms with Gasteiger partial charge in [0.1, 0.15) is 5.75 Å². The average Bonchev–Trinajstić information content (AvgIpc) is 3.10. The molecule has 0 aliphatic heterocycles. The maximum atomic E-state index is 12.5. The van der Waals surface area contributed by atoms with Gasteiger partial charge in [-0.15, -0.1) is 6.58 Å². The fraction of sp³-hybridized carbons (Fsp3) is 0.368. The molecule has 2 N–H and O–H groups in total. The predicted molar refractivity (Wildman–Crippen MR) is 94.3 cm³/mol. The molecule has 0 atom stereocenters. The fourth-order valence-electron chi connectivity index (χ4n) is 2.87. The molecule has 1 aromatic carbocycles. The molecule has 2 amide bonds. The van der Waals surface area contributed by atoms with Gasteiger partial charge in [0.2, 0.25) is 5.91 Å². The number of carbonyl (C=O) groups excluding carboxylic acids is 2. The lowest BCUT2D eigenvalue weighted by atomic mass is 10.1. The Balaban J connectivity index is 1.96. The lowest BCUT2D eigenvalue weighted by Crippen LogP contribution is -2.37. The Hall–Kier alpha value is -2.56. The van der Waals surface area contributed by atoms with Gasteiger partial charge < -0.3 is 15.4 Å². The third-order valence-electron chi connectivity index (χ3n) is 4.05. The molecule has 0 radical (unpaired) electrons. The van der Waals surface area contributed by atoms with Crippen molar-refractivity contribution >= 4 is 17.9 Å². The Morgan fingerprint density at radius 3 is 2.50 bits per heavy atom. The third kappa shape index (κ3) is 5.26. The van der Waals surface area contributed by atoms with Crippen molar-refractivity contribution in [1.29, 1.82) is 0 Å². The van der Waals surface area contributed by atoms with Crippen molar-refractivity contribution in [1.82, 2.24) is 4.90 Å². The molecule has 0 heterocycles. The summed E-state index contributed by atoms with van der Waals surface area (Å²) >= 11 is 0. The van der Waals surface area contributed by atoms with Crippen LogP contribution >= 0.6 is 0 Å². The van der Waals surface area contributed by atoms with Gasteiger partial charge in [0.05, 0.1) is 0 Å². The zero-order valence-electron chi connectivity index (χ0n) is 13.8. The molecule has 1 aliphatic carbocycles. The second kappa shape index (κ2) is 8.91. The van der Waals surface area contributed by atoms with E-state index in [2.05, 4.69) is 6.58 Å². The Bertz CT molecular complexity index is 602. The van der Waals surface area contributed by atoms with Gasteiger partial charge in [-0.05, 0) is 36.6 Å². The van der Waals surface area contributed by atoms with Crippen molar-refractivity contribution in [2.24, 2.45) is 5.73 Å². The monoisotopic (exact) mass is 328 g/mol. The van der Waals surface area contributed by atoms with E-state index in [9.17, 15) is 9.59 Å². The molecule has 0 saturated heterocycles. The summed E-state index contributed by atoms with van der Waals surface area (Å²) in [5.74, 6) is 0.0613. The van der Waals surface area contributed by atoms with Gasteiger partial charge in [-0.1, -0.05) is 31.1 Å². The molecule has 1 aromatic rings. The van der Waals surface area contributed by atoms with Gasteiger partial charge in [0, 0.05) is 18.7 Å². The van der Waals surface area contributed by atoms with Crippen LogP contribution < -0.4 is 10.5 Å². The minimum atomic E-state index is -0.515. The largest absolute Gasteiger partial charge is 0.484 e. The van der Waals surface area contributed by atoms with Gasteiger partial charge in [-0.2, -0.15) is 0 Å². The van der Waals surface area contributed by atoms with Gasteiger partial charge >= 0.3 is 0 Å². The summed E-state index contributed by atoms with van der Waals surface area (Å²) in [5.41, 5.74) is 5.92. The van der Waals surface area contributed by atoms with Crippen LogP contribution in [0.4, 0.5) is 0 Å². The van der Waals surface area contributed by atoms with Crippen LogP contribution in [0.25, 0.3) is 6.08 Å². The number of hydrogen-bond acceptors (Lipinski definition) is 3. The average molecular weight is 328 g/mol. The van der Waals surface area contributed by atoms with Gasteiger partial charge in [0.25, 0.3) is 5.91 Å². The van der Waals surface area contributed by atoms with E-state index in [-0.39, 0.29) is 12.5 Å². The predicted octanol–water partition coefficient (Wildman–Crippen LogP) is 2.52. The highest BCUT2D eigenvalue weighted by atomic mass is 16.5. The summed E-state index contributed by atoms with van der Waals surface area (Å²) in [6.07, 6.45) is 9.66. The van der Waals surface area contributed by atoms with Crippen molar-refractivity contribution in [2.45, 2.75) is 31.7 Å². The number of primary amides is 1. The molecular weight excluding hydrogens is 304 g/mol. The Kier molecular flexibility index (Phi) is 6.61. The molecule has 0 aromatic heterocycles. The van der Waals surface area contributed by atoms with Crippen LogP contribution in [0.3, 0.4) is 0 Å². The van der Waals surface area contributed by atoms with E-state index in [1.165, 1.54) is 12.8 Å². The molecular formula is C19H24N2O3. The number of hydrogen-bond donors (Lipinski definition) is 1. The standard InChI is InChI=1S/C19H24N2O3/c1-2-13-21(16-5-3-4-6-16)19(23)12-9-15-7-10-17(11-8-15)24-14-18(20)22/h2,7-12,16H,1,3-6,13-14H2,(H2,20,22)/b12-9-. The minimum Gasteiger partial charge on any atom is -0.484 e. The summed E-state index contributed by atoms with van der Waals surface area (Å²) < 4.78 is 5.20. The van der Waals surface area contributed by atoms with E-state index in [0.29, 0.717) is 18.3 Å². The van der Waals surface area contributed by atoms with E-state index in [0.717, 1.165) is 18.4 Å². The summed E-state index contributed by atoms with van der Waals surface area (Å²) in [5, 5.41) is 0. The zero-order valence-corrected chi connectivity index (χ0v) is 13.8. The molecule has 0 bridgehead atoms. The number of nitrogens with zero attached hydrogens (tertiary/aromatic N) is 1. The van der Waals surface area contributed by atoms with Crippen LogP contribution in [0.5, 0.6) is 5.75 Å². The first kappa shape index (κ1) is 17.8. The zero-order chi connectivity index (χ0) is 17.4. The fourth-order valence-corrected chi connectivity index (χ4v) is 2.87. The normalized spacial score (nSPS) is 14.7. The smallest absolute Gasteiger partial charge is 0.255 e. The summed E-state index contributed by atoms with van der Waals surface area (Å²) in [6, 6.07) is 7.46. The number of nitrogens with two attached hydrogens (primary N) is 1. The van der Waals surface area contributed by atoms with E-state index in [1.54, 1.807) is 30.4 Å². The van der Waals surface area contributed by atoms with Crippen molar-refractivity contribution < 1.29 is 14.3 Å². The molecule has 0 unspecified atom stereocenters. The Morgan fingerprint density at radius 2 is 1.92 bits per heavy atom. The Morgan fingerprint density at radius 1 is 1.25 bits per heavy atom. The number of carbonyl (C=O) groups is 2. The van der Waals surface area contributed by atoms with E-state index in [1.807, 2.05) is 17.0 Å². The lowest BCUT2D eigenvalue weighted by Gasteiger charge is -2.26. The number of benzene rings is 1. The molecule has 5 heteroatoms. The van der Waals surface area contributed by atoms with Gasteiger partial charge in [0.15, 0.2) is 6.61 Å². The maximum Gasteiger partial charge on any atom is 0.255 e. The molecule has 24 heavy (non-hydrogen) atoms. The molecule has 5 nitrogen and oxygen atoms in total. The van der Waals surface area contributed by atoms with E-state index < -0.39 is 5.91 Å². The number of amides is 2. The van der Waals surface area contributed by atoms with E-state index in [4.69, 9.17) is 10.5 Å². The number of ether oxygens (including phenoxy) is 1. The van der Waals surface area contributed by atoms with Crippen LogP contribution in [-0.4, -0.2) is 35.9 Å². The molecule has 0 spiro atoms. The van der Waals surface area contributed by atoms with Gasteiger partial charge in [-0.25, -0.2) is 0 Å². The first-order valence-electron chi connectivity index (χ1n) is 8.21. The van der Waals surface area contributed by atoms with Crippen LogP contribution in [0.1, 0.15) is 31.2 Å². The second-order valence-electron chi connectivity index (χ2n) is 5.87. The summed E-state index contributed by atoms with van der Waals surface area (Å²) in [4.78, 5) is 25.0. The van der Waals surface area contributed by atoms with E-state index >= 15 is 0 Å². The van der Waals surface area contributed by atoms with Crippen LogP contribution in [-0.2, 0) is 9.59 Å². The molecule has 2 rings (SSSR count). The van der Waals surface area contributed by atoms with Crippen molar-refractivity contribution in [2.75, 3.05) is 13.2 Å². The second-order valence-corrected chi connectivity index (χ2v) is 5.87.